The number of nitrogens with zero attached hydrogens (tertiary/aromatic N) is 2. The number of hydrogen-bond acceptors (Lipinski definition) is 4. The van der Waals surface area contributed by atoms with Crippen molar-refractivity contribution in [3.05, 3.63) is 26.9 Å². The molecular weight excluding hydrogens is 298 g/mol. The third-order valence-corrected chi connectivity index (χ3v) is 3.02. The summed E-state index contributed by atoms with van der Waals surface area (Å²) in [6.45, 7) is 6.33. The molecular formula is C12H18BrN3O2. The van der Waals surface area contributed by atoms with Crippen LogP contribution in [0, 0.1) is 16.0 Å². The summed E-state index contributed by atoms with van der Waals surface area (Å²) in [5, 5.41) is 14.0. The standard InChI is InChI=1S/C12H18BrN3O2/c1-8(2)4-5-9(3)15-12-11(16(17)18)6-10(13)7-14-12/h6-9H,4-5H2,1-3H3,(H,14,15). The van der Waals surface area contributed by atoms with Gasteiger partial charge >= 0.3 is 5.69 Å². The molecule has 100 valence electrons. The minimum atomic E-state index is -0.421. The van der Waals surface area contributed by atoms with Crippen LogP contribution >= 0.6 is 15.9 Å². The number of nitro groups is 1. The molecule has 0 aromatic carbocycles. The predicted octanol–water partition coefficient (Wildman–Crippen LogP) is 3.99. The van der Waals surface area contributed by atoms with Crippen LogP contribution in [0.2, 0.25) is 0 Å². The maximum atomic E-state index is 10.9. The zero-order chi connectivity index (χ0) is 13.7. The molecule has 0 radical (unpaired) electrons. The SMILES string of the molecule is CC(C)CCC(C)Nc1ncc(Br)cc1[N+](=O)[O-]. The maximum absolute atomic E-state index is 10.9. The van der Waals surface area contributed by atoms with Gasteiger partial charge in [-0.1, -0.05) is 13.8 Å². The van der Waals surface area contributed by atoms with E-state index in [9.17, 15) is 10.1 Å². The summed E-state index contributed by atoms with van der Waals surface area (Å²) in [5.74, 6) is 0.960. The fraction of sp³-hybridized carbons (Fsp3) is 0.583. The Bertz CT molecular complexity index is 424. The molecule has 5 nitrogen and oxygen atoms in total. The number of anilines is 1. The molecule has 0 spiro atoms. The third-order valence-electron chi connectivity index (χ3n) is 2.59. The summed E-state index contributed by atoms with van der Waals surface area (Å²) in [6.07, 6.45) is 3.61. The molecule has 0 saturated heterocycles. The first kappa shape index (κ1) is 14.9. The monoisotopic (exact) mass is 315 g/mol. The molecule has 1 atom stereocenters. The fourth-order valence-corrected chi connectivity index (χ4v) is 1.89. The van der Waals surface area contributed by atoms with E-state index in [1.165, 1.54) is 6.07 Å². The Labute approximate surface area is 115 Å². The number of halogens is 1. The Hall–Kier alpha value is -1.17. The Morgan fingerprint density at radius 1 is 1.44 bits per heavy atom. The molecule has 0 aliphatic carbocycles. The van der Waals surface area contributed by atoms with E-state index in [-0.39, 0.29) is 11.7 Å². The summed E-state index contributed by atoms with van der Waals surface area (Å²) in [7, 11) is 0. The lowest BCUT2D eigenvalue weighted by Gasteiger charge is -2.15. The molecule has 1 aromatic rings. The van der Waals surface area contributed by atoms with E-state index in [0.717, 1.165) is 12.8 Å². The summed E-state index contributed by atoms with van der Waals surface area (Å²) in [5.41, 5.74) is 0.000715. The van der Waals surface area contributed by atoms with Gasteiger partial charge in [-0.25, -0.2) is 4.98 Å². The highest BCUT2D eigenvalue weighted by atomic mass is 79.9. The van der Waals surface area contributed by atoms with Crippen molar-refractivity contribution in [3.63, 3.8) is 0 Å². The van der Waals surface area contributed by atoms with Gasteiger partial charge in [-0.15, -0.1) is 0 Å². The van der Waals surface area contributed by atoms with Crippen LogP contribution in [0.25, 0.3) is 0 Å². The van der Waals surface area contributed by atoms with Gasteiger partial charge in [0.15, 0.2) is 0 Å². The molecule has 0 bridgehead atoms. The second kappa shape index (κ2) is 6.68. The van der Waals surface area contributed by atoms with E-state index >= 15 is 0 Å². The second-order valence-electron chi connectivity index (χ2n) is 4.79. The van der Waals surface area contributed by atoms with Crippen LogP contribution in [-0.2, 0) is 0 Å². The van der Waals surface area contributed by atoms with E-state index in [0.29, 0.717) is 16.2 Å². The van der Waals surface area contributed by atoms with Crippen molar-refractivity contribution in [1.29, 1.82) is 0 Å². The lowest BCUT2D eigenvalue weighted by atomic mass is 10.0. The van der Waals surface area contributed by atoms with Crippen molar-refractivity contribution in [3.8, 4) is 0 Å². The quantitative estimate of drug-likeness (QED) is 0.636. The van der Waals surface area contributed by atoms with Crippen molar-refractivity contribution in [1.82, 2.24) is 4.98 Å². The average molecular weight is 316 g/mol. The summed E-state index contributed by atoms with van der Waals surface area (Å²) < 4.78 is 0.606. The number of rotatable bonds is 6. The molecule has 0 amide bonds. The third kappa shape index (κ3) is 4.60. The van der Waals surface area contributed by atoms with Gasteiger partial charge in [-0.05, 0) is 41.6 Å². The predicted molar refractivity (Wildman–Crippen MR) is 75.7 cm³/mol. The number of nitrogens with one attached hydrogen (secondary N) is 1. The molecule has 0 aliphatic heterocycles. The van der Waals surface area contributed by atoms with E-state index in [2.05, 4.69) is 40.1 Å². The van der Waals surface area contributed by atoms with Crippen LogP contribution in [0.1, 0.15) is 33.6 Å². The van der Waals surface area contributed by atoms with E-state index in [1.807, 2.05) is 6.92 Å². The van der Waals surface area contributed by atoms with Crippen molar-refractivity contribution in [2.75, 3.05) is 5.32 Å². The Kier molecular flexibility index (Phi) is 5.53. The maximum Gasteiger partial charge on any atom is 0.312 e. The Morgan fingerprint density at radius 2 is 2.11 bits per heavy atom. The molecule has 0 aliphatic rings. The lowest BCUT2D eigenvalue weighted by Crippen LogP contribution is -2.17. The molecule has 1 unspecified atom stereocenters. The minimum absolute atomic E-state index is 0.000715. The van der Waals surface area contributed by atoms with Gasteiger partial charge in [0.25, 0.3) is 0 Å². The summed E-state index contributed by atoms with van der Waals surface area (Å²) >= 11 is 3.19. The highest BCUT2D eigenvalue weighted by molar-refractivity contribution is 9.10. The minimum Gasteiger partial charge on any atom is -0.362 e. The Morgan fingerprint density at radius 3 is 2.67 bits per heavy atom. The first-order valence-corrected chi connectivity index (χ1v) is 6.76. The number of hydrogen-bond donors (Lipinski definition) is 1. The van der Waals surface area contributed by atoms with Crippen LogP contribution in [0.5, 0.6) is 0 Å². The van der Waals surface area contributed by atoms with Crippen LogP contribution in [0.15, 0.2) is 16.7 Å². The molecule has 6 heteroatoms. The van der Waals surface area contributed by atoms with Crippen molar-refractivity contribution >= 4 is 27.4 Å². The number of aromatic nitrogens is 1. The van der Waals surface area contributed by atoms with Gasteiger partial charge in [-0.3, -0.25) is 10.1 Å². The van der Waals surface area contributed by atoms with Gasteiger partial charge in [0, 0.05) is 22.8 Å². The molecule has 1 aromatic heterocycles. The van der Waals surface area contributed by atoms with Crippen LogP contribution in [-0.4, -0.2) is 15.9 Å². The first-order chi connectivity index (χ1) is 8.40. The van der Waals surface area contributed by atoms with Gasteiger partial charge in [0.05, 0.1) is 4.92 Å². The highest BCUT2D eigenvalue weighted by Crippen LogP contribution is 2.26. The first-order valence-electron chi connectivity index (χ1n) is 5.96. The zero-order valence-corrected chi connectivity index (χ0v) is 12.4. The lowest BCUT2D eigenvalue weighted by molar-refractivity contribution is -0.384. The zero-order valence-electron chi connectivity index (χ0n) is 10.8. The molecule has 0 saturated carbocycles. The molecule has 1 rings (SSSR count). The fourth-order valence-electron chi connectivity index (χ4n) is 1.57. The largest absolute Gasteiger partial charge is 0.362 e. The van der Waals surface area contributed by atoms with Crippen molar-refractivity contribution in [2.24, 2.45) is 5.92 Å². The van der Waals surface area contributed by atoms with Crippen LogP contribution < -0.4 is 5.32 Å². The topological polar surface area (TPSA) is 68.1 Å². The number of pyridine rings is 1. The van der Waals surface area contributed by atoms with E-state index in [4.69, 9.17) is 0 Å². The van der Waals surface area contributed by atoms with Gasteiger partial charge in [0.2, 0.25) is 5.82 Å². The second-order valence-corrected chi connectivity index (χ2v) is 5.71. The van der Waals surface area contributed by atoms with Gasteiger partial charge in [-0.2, -0.15) is 0 Å². The van der Waals surface area contributed by atoms with Crippen LogP contribution in [0.3, 0.4) is 0 Å². The molecule has 18 heavy (non-hydrogen) atoms. The molecule has 1 heterocycles. The summed E-state index contributed by atoms with van der Waals surface area (Å²) in [4.78, 5) is 14.6. The van der Waals surface area contributed by atoms with E-state index in [1.54, 1.807) is 6.20 Å². The molecule has 1 N–H and O–H groups in total. The van der Waals surface area contributed by atoms with Crippen molar-refractivity contribution in [2.45, 2.75) is 39.7 Å². The summed E-state index contributed by atoms with van der Waals surface area (Å²) in [6, 6.07) is 1.63. The van der Waals surface area contributed by atoms with Crippen molar-refractivity contribution < 1.29 is 4.92 Å². The normalized spacial score (nSPS) is 12.5. The molecule has 0 fully saturated rings. The average Bonchev–Trinajstić information content (AvgIpc) is 2.28. The smallest absolute Gasteiger partial charge is 0.312 e. The highest BCUT2D eigenvalue weighted by Gasteiger charge is 2.17. The Balaban J connectivity index is 2.74. The van der Waals surface area contributed by atoms with Gasteiger partial charge in [0.1, 0.15) is 0 Å². The van der Waals surface area contributed by atoms with Gasteiger partial charge < -0.3 is 5.32 Å². The van der Waals surface area contributed by atoms with Crippen LogP contribution in [0.4, 0.5) is 11.5 Å². The van der Waals surface area contributed by atoms with E-state index < -0.39 is 4.92 Å².